The van der Waals surface area contributed by atoms with E-state index in [0.29, 0.717) is 5.56 Å². The summed E-state index contributed by atoms with van der Waals surface area (Å²) in [6.45, 7) is 1.49. The second-order valence-electron chi connectivity index (χ2n) is 3.07. The van der Waals surface area contributed by atoms with Crippen molar-refractivity contribution in [1.29, 1.82) is 0 Å². The van der Waals surface area contributed by atoms with Crippen LogP contribution >= 0.6 is 0 Å². The van der Waals surface area contributed by atoms with E-state index in [4.69, 9.17) is 0 Å². The van der Waals surface area contributed by atoms with Crippen molar-refractivity contribution in [3.8, 4) is 11.8 Å². The lowest BCUT2D eigenvalue weighted by atomic mass is 10.2. The number of nitrogens with zero attached hydrogens (tertiary/aromatic N) is 1. The summed E-state index contributed by atoms with van der Waals surface area (Å²) in [6, 6.07) is 1.08. The highest BCUT2D eigenvalue weighted by Crippen LogP contribution is 2.04. The molecule has 0 atom stereocenters. The number of nitro groups is 1. The van der Waals surface area contributed by atoms with Gasteiger partial charge in [0, 0.05) is 24.8 Å². The van der Waals surface area contributed by atoms with Gasteiger partial charge >= 0.3 is 11.2 Å². The van der Waals surface area contributed by atoms with E-state index in [9.17, 15) is 19.7 Å². The third kappa shape index (κ3) is 3.79. The van der Waals surface area contributed by atoms with Crippen molar-refractivity contribution in [3.63, 3.8) is 0 Å². The van der Waals surface area contributed by atoms with E-state index in [1.54, 1.807) is 0 Å². The zero-order chi connectivity index (χ0) is 12.8. The molecule has 0 aliphatic rings. The fourth-order valence-corrected chi connectivity index (χ4v) is 0.994. The van der Waals surface area contributed by atoms with Crippen LogP contribution < -0.4 is 10.9 Å². The van der Waals surface area contributed by atoms with Gasteiger partial charge in [-0.1, -0.05) is 11.8 Å². The number of amides is 1. The molecule has 0 spiro atoms. The summed E-state index contributed by atoms with van der Waals surface area (Å²) in [5.41, 5.74) is -1.03. The van der Waals surface area contributed by atoms with Crippen LogP contribution in [0.4, 0.5) is 5.69 Å². The summed E-state index contributed by atoms with van der Waals surface area (Å²) in [6.07, 6.45) is 1.27. The molecule has 0 aliphatic carbocycles. The summed E-state index contributed by atoms with van der Waals surface area (Å²) in [7, 11) is 0. The Morgan fingerprint density at radius 3 is 2.94 bits per heavy atom. The topological polar surface area (TPSA) is 105 Å². The summed E-state index contributed by atoms with van der Waals surface area (Å²) in [4.78, 5) is 33.5. The third-order valence-electron chi connectivity index (χ3n) is 1.74. The number of aromatic nitrogens is 1. The molecule has 1 heterocycles. The highest BCUT2D eigenvalue weighted by molar-refractivity contribution is 5.73. The highest BCUT2D eigenvalue weighted by Gasteiger charge is 2.11. The molecule has 7 nitrogen and oxygen atoms in total. The Balaban J connectivity index is 2.86. The van der Waals surface area contributed by atoms with Crippen molar-refractivity contribution >= 4 is 11.6 Å². The van der Waals surface area contributed by atoms with Gasteiger partial charge in [0.15, 0.2) is 0 Å². The van der Waals surface area contributed by atoms with Gasteiger partial charge in [0.1, 0.15) is 0 Å². The molecule has 0 saturated carbocycles. The average molecular weight is 235 g/mol. The highest BCUT2D eigenvalue weighted by atomic mass is 16.6. The van der Waals surface area contributed by atoms with Crippen LogP contribution in [-0.4, -0.2) is 22.4 Å². The summed E-state index contributed by atoms with van der Waals surface area (Å²) >= 11 is 0. The lowest BCUT2D eigenvalue weighted by molar-refractivity contribution is -0.386. The zero-order valence-corrected chi connectivity index (χ0v) is 8.94. The summed E-state index contributed by atoms with van der Waals surface area (Å²) < 4.78 is 0. The second kappa shape index (κ2) is 5.46. The van der Waals surface area contributed by atoms with E-state index >= 15 is 0 Å². The average Bonchev–Trinajstić information content (AvgIpc) is 2.25. The quantitative estimate of drug-likeness (QED) is 0.419. The standard InChI is InChI=1S/C10H9N3O4/c1-7(14)11-4-2-3-8-5-9(13(16)17)10(15)12-6-8/h5-6H,4H2,1H3,(H,11,14)(H,12,15). The van der Waals surface area contributed by atoms with Gasteiger partial charge in [-0.05, 0) is 0 Å². The molecule has 0 aliphatic heterocycles. The summed E-state index contributed by atoms with van der Waals surface area (Å²) in [5.74, 6) is 4.96. The second-order valence-corrected chi connectivity index (χ2v) is 3.07. The number of rotatable bonds is 2. The predicted molar refractivity (Wildman–Crippen MR) is 59.3 cm³/mol. The van der Waals surface area contributed by atoms with Gasteiger partial charge in [0.2, 0.25) is 5.91 Å². The Morgan fingerprint density at radius 2 is 2.35 bits per heavy atom. The van der Waals surface area contributed by atoms with E-state index in [-0.39, 0.29) is 12.5 Å². The molecule has 0 unspecified atom stereocenters. The van der Waals surface area contributed by atoms with Crippen LogP contribution in [-0.2, 0) is 4.79 Å². The fourth-order valence-electron chi connectivity index (χ4n) is 0.994. The SMILES string of the molecule is CC(=O)NCC#Cc1c[nH]c(=O)c([N+](=O)[O-])c1. The van der Waals surface area contributed by atoms with E-state index in [1.165, 1.54) is 13.1 Å². The molecule has 0 radical (unpaired) electrons. The van der Waals surface area contributed by atoms with Crippen LogP contribution in [0.3, 0.4) is 0 Å². The Kier molecular flexibility index (Phi) is 4.00. The molecule has 1 aromatic rings. The first-order valence-electron chi connectivity index (χ1n) is 4.61. The zero-order valence-electron chi connectivity index (χ0n) is 8.94. The first-order valence-corrected chi connectivity index (χ1v) is 4.61. The van der Waals surface area contributed by atoms with Gasteiger partial charge in [0.25, 0.3) is 0 Å². The number of nitrogens with one attached hydrogen (secondary N) is 2. The van der Waals surface area contributed by atoms with Crippen molar-refractivity contribution in [3.05, 3.63) is 38.3 Å². The maximum absolute atomic E-state index is 11.0. The maximum atomic E-state index is 11.0. The predicted octanol–water partition coefficient (Wildman–Crippen LogP) is -0.229. The number of pyridine rings is 1. The Labute approximate surface area is 96.0 Å². The van der Waals surface area contributed by atoms with Crippen LogP contribution in [0.15, 0.2) is 17.1 Å². The molecule has 17 heavy (non-hydrogen) atoms. The molecule has 0 aromatic carbocycles. The normalized spacial score (nSPS) is 9.00. The van der Waals surface area contributed by atoms with Gasteiger partial charge in [-0.15, -0.1) is 0 Å². The third-order valence-corrected chi connectivity index (χ3v) is 1.74. The number of carbonyl (C=O) groups excluding carboxylic acids is 1. The monoisotopic (exact) mass is 235 g/mol. The van der Waals surface area contributed by atoms with Crippen LogP contribution in [0.25, 0.3) is 0 Å². The number of aromatic amines is 1. The number of H-pyrrole nitrogens is 1. The molecule has 1 rings (SSSR count). The molecule has 1 aromatic heterocycles. The van der Waals surface area contributed by atoms with Crippen molar-refractivity contribution < 1.29 is 9.72 Å². The van der Waals surface area contributed by atoms with Gasteiger partial charge in [-0.2, -0.15) is 0 Å². The minimum atomic E-state index is -0.780. The molecule has 0 bridgehead atoms. The number of hydrogen-bond acceptors (Lipinski definition) is 4. The molecule has 0 fully saturated rings. The van der Waals surface area contributed by atoms with Crippen LogP contribution in [0.1, 0.15) is 12.5 Å². The Hall–Kier alpha value is -2.62. The minimum Gasteiger partial charge on any atom is -0.345 e. The number of carbonyl (C=O) groups is 1. The van der Waals surface area contributed by atoms with Crippen LogP contribution in [0.2, 0.25) is 0 Å². The number of hydrogen-bond donors (Lipinski definition) is 2. The molecule has 0 saturated heterocycles. The summed E-state index contributed by atoms with van der Waals surface area (Å²) in [5, 5.41) is 12.9. The molecular weight excluding hydrogens is 226 g/mol. The van der Waals surface area contributed by atoms with Crippen molar-refractivity contribution in [2.24, 2.45) is 0 Å². The first-order chi connectivity index (χ1) is 8.00. The van der Waals surface area contributed by atoms with Gasteiger partial charge in [-0.25, -0.2) is 0 Å². The van der Waals surface area contributed by atoms with Gasteiger partial charge < -0.3 is 10.3 Å². The molecule has 7 heteroatoms. The largest absolute Gasteiger partial charge is 0.345 e. The minimum absolute atomic E-state index is 0.141. The Bertz CT molecular complexity index is 565. The van der Waals surface area contributed by atoms with Crippen LogP contribution in [0, 0.1) is 22.0 Å². The smallest absolute Gasteiger partial charge is 0.335 e. The maximum Gasteiger partial charge on any atom is 0.335 e. The molecular formula is C10H9N3O4. The van der Waals surface area contributed by atoms with Crippen molar-refractivity contribution in [2.45, 2.75) is 6.92 Å². The van der Waals surface area contributed by atoms with Crippen molar-refractivity contribution in [2.75, 3.05) is 6.54 Å². The molecule has 2 N–H and O–H groups in total. The van der Waals surface area contributed by atoms with Gasteiger partial charge in [0.05, 0.1) is 11.5 Å². The van der Waals surface area contributed by atoms with E-state index in [1.807, 2.05) is 0 Å². The van der Waals surface area contributed by atoms with Crippen LogP contribution in [0.5, 0.6) is 0 Å². The fraction of sp³-hybridized carbons (Fsp3) is 0.200. The van der Waals surface area contributed by atoms with E-state index < -0.39 is 16.2 Å². The Morgan fingerprint density at radius 1 is 1.65 bits per heavy atom. The van der Waals surface area contributed by atoms with E-state index in [0.717, 1.165) is 6.07 Å². The van der Waals surface area contributed by atoms with Gasteiger partial charge in [-0.3, -0.25) is 19.7 Å². The van der Waals surface area contributed by atoms with Crippen molar-refractivity contribution in [1.82, 2.24) is 10.3 Å². The lowest BCUT2D eigenvalue weighted by Crippen LogP contribution is -2.19. The first kappa shape index (κ1) is 12.4. The molecule has 1 amide bonds. The molecule has 88 valence electrons. The lowest BCUT2D eigenvalue weighted by Gasteiger charge is -1.93. The van der Waals surface area contributed by atoms with E-state index in [2.05, 4.69) is 22.1 Å².